The summed E-state index contributed by atoms with van der Waals surface area (Å²) < 4.78 is 11.1. The second-order valence-corrected chi connectivity index (χ2v) is 6.51. The monoisotopic (exact) mass is 291 g/mol. The van der Waals surface area contributed by atoms with Gasteiger partial charge in [0, 0.05) is 26.1 Å². The second kappa shape index (κ2) is 6.48. The molecule has 1 aliphatic rings. The summed E-state index contributed by atoms with van der Waals surface area (Å²) in [4.78, 5) is 14.0. The van der Waals surface area contributed by atoms with Crippen molar-refractivity contribution in [1.29, 1.82) is 0 Å². The van der Waals surface area contributed by atoms with E-state index in [1.165, 1.54) is 5.56 Å². The molecule has 2 atom stereocenters. The highest BCUT2D eigenvalue weighted by atomic mass is 16.6. The van der Waals surface area contributed by atoms with Gasteiger partial charge >= 0.3 is 6.09 Å². The average molecular weight is 291 g/mol. The first-order chi connectivity index (χ1) is 9.90. The number of methoxy groups -OCH3 is 1. The molecule has 1 aromatic carbocycles. The summed E-state index contributed by atoms with van der Waals surface area (Å²) in [7, 11) is 1.74. The maximum atomic E-state index is 12.2. The fourth-order valence-corrected chi connectivity index (χ4v) is 2.73. The number of ether oxygens (including phenoxy) is 2. The summed E-state index contributed by atoms with van der Waals surface area (Å²) in [6.45, 7) is 6.98. The van der Waals surface area contributed by atoms with E-state index in [1.807, 2.05) is 39.0 Å². The van der Waals surface area contributed by atoms with Gasteiger partial charge in [0.1, 0.15) is 5.60 Å². The molecule has 21 heavy (non-hydrogen) atoms. The normalized spacial score (nSPS) is 23.0. The molecule has 1 heterocycles. The summed E-state index contributed by atoms with van der Waals surface area (Å²) in [6.07, 6.45) is 0.735. The second-order valence-electron chi connectivity index (χ2n) is 6.51. The van der Waals surface area contributed by atoms with Gasteiger partial charge in [-0.2, -0.15) is 0 Å². The van der Waals surface area contributed by atoms with Gasteiger partial charge in [0.05, 0.1) is 6.10 Å². The number of hydrogen-bond acceptors (Lipinski definition) is 3. The van der Waals surface area contributed by atoms with Gasteiger partial charge < -0.3 is 14.4 Å². The van der Waals surface area contributed by atoms with Crippen LogP contribution < -0.4 is 0 Å². The largest absolute Gasteiger partial charge is 0.444 e. The molecular weight excluding hydrogens is 266 g/mol. The Morgan fingerprint density at radius 2 is 1.90 bits per heavy atom. The number of piperidine rings is 1. The predicted molar refractivity (Wildman–Crippen MR) is 82.4 cm³/mol. The summed E-state index contributed by atoms with van der Waals surface area (Å²) in [5, 5.41) is 0. The number of likely N-dealkylation sites (tertiary alicyclic amines) is 1. The Morgan fingerprint density at radius 3 is 2.48 bits per heavy atom. The topological polar surface area (TPSA) is 38.8 Å². The van der Waals surface area contributed by atoms with Crippen LogP contribution in [-0.4, -0.2) is 42.9 Å². The van der Waals surface area contributed by atoms with E-state index in [1.54, 1.807) is 12.0 Å². The Bertz CT molecular complexity index is 467. The van der Waals surface area contributed by atoms with Crippen molar-refractivity contribution >= 4 is 6.09 Å². The molecule has 0 aromatic heterocycles. The van der Waals surface area contributed by atoms with Crippen LogP contribution in [0.4, 0.5) is 4.79 Å². The third kappa shape index (κ3) is 4.21. The van der Waals surface area contributed by atoms with Crippen molar-refractivity contribution in [3.63, 3.8) is 0 Å². The Kier molecular flexibility index (Phi) is 4.88. The first-order valence-electron chi connectivity index (χ1n) is 7.46. The summed E-state index contributed by atoms with van der Waals surface area (Å²) in [6, 6.07) is 10.2. The van der Waals surface area contributed by atoms with E-state index in [0.717, 1.165) is 6.42 Å². The van der Waals surface area contributed by atoms with Gasteiger partial charge in [-0.1, -0.05) is 30.3 Å². The zero-order valence-electron chi connectivity index (χ0n) is 13.3. The van der Waals surface area contributed by atoms with E-state index in [9.17, 15) is 4.79 Å². The molecule has 0 saturated carbocycles. The molecule has 0 unspecified atom stereocenters. The lowest BCUT2D eigenvalue weighted by molar-refractivity contribution is -0.00700. The van der Waals surface area contributed by atoms with Crippen LogP contribution in [0.25, 0.3) is 0 Å². The quantitative estimate of drug-likeness (QED) is 0.838. The van der Waals surface area contributed by atoms with Crippen molar-refractivity contribution in [2.45, 2.75) is 44.8 Å². The maximum Gasteiger partial charge on any atom is 0.410 e. The van der Waals surface area contributed by atoms with Gasteiger partial charge in [0.15, 0.2) is 0 Å². The van der Waals surface area contributed by atoms with E-state index in [0.29, 0.717) is 13.1 Å². The summed E-state index contributed by atoms with van der Waals surface area (Å²) >= 11 is 0. The average Bonchev–Trinajstić information content (AvgIpc) is 2.45. The van der Waals surface area contributed by atoms with E-state index in [-0.39, 0.29) is 18.1 Å². The van der Waals surface area contributed by atoms with Crippen LogP contribution in [0.5, 0.6) is 0 Å². The lowest BCUT2D eigenvalue weighted by Crippen LogP contribution is -2.47. The zero-order valence-corrected chi connectivity index (χ0v) is 13.3. The number of nitrogens with zero attached hydrogens (tertiary/aromatic N) is 1. The lowest BCUT2D eigenvalue weighted by Gasteiger charge is -2.38. The number of hydrogen-bond donors (Lipinski definition) is 0. The molecule has 1 fully saturated rings. The Balaban J connectivity index is 2.10. The highest BCUT2D eigenvalue weighted by Crippen LogP contribution is 2.30. The van der Waals surface area contributed by atoms with Gasteiger partial charge in [0.2, 0.25) is 0 Å². The van der Waals surface area contributed by atoms with Gasteiger partial charge in [0.25, 0.3) is 0 Å². The Hall–Kier alpha value is -1.55. The number of benzene rings is 1. The molecule has 0 radical (unpaired) electrons. The van der Waals surface area contributed by atoms with Crippen molar-refractivity contribution in [3.05, 3.63) is 35.9 Å². The molecule has 0 N–H and O–H groups in total. The molecule has 0 spiro atoms. The van der Waals surface area contributed by atoms with Crippen molar-refractivity contribution < 1.29 is 14.3 Å². The fourth-order valence-electron chi connectivity index (χ4n) is 2.73. The van der Waals surface area contributed by atoms with Crippen LogP contribution >= 0.6 is 0 Å². The van der Waals surface area contributed by atoms with Gasteiger partial charge in [-0.25, -0.2) is 4.79 Å². The first kappa shape index (κ1) is 15.8. The molecule has 4 nitrogen and oxygen atoms in total. The summed E-state index contributed by atoms with van der Waals surface area (Å²) in [5.41, 5.74) is 0.745. The molecule has 1 saturated heterocycles. The third-order valence-corrected chi connectivity index (χ3v) is 3.73. The van der Waals surface area contributed by atoms with Gasteiger partial charge in [-0.05, 0) is 32.8 Å². The molecule has 2 rings (SSSR count). The van der Waals surface area contributed by atoms with Crippen LogP contribution in [0.2, 0.25) is 0 Å². The van der Waals surface area contributed by atoms with Crippen molar-refractivity contribution in [1.82, 2.24) is 4.90 Å². The minimum Gasteiger partial charge on any atom is -0.444 e. The molecule has 1 aromatic rings. The lowest BCUT2D eigenvalue weighted by atomic mass is 9.88. The van der Waals surface area contributed by atoms with Gasteiger partial charge in [-0.15, -0.1) is 0 Å². The third-order valence-electron chi connectivity index (χ3n) is 3.73. The van der Waals surface area contributed by atoms with Crippen LogP contribution in [0.3, 0.4) is 0 Å². The molecule has 1 aliphatic heterocycles. The predicted octanol–water partition coefficient (Wildman–Crippen LogP) is 3.43. The molecule has 4 heteroatoms. The minimum atomic E-state index is -0.461. The van der Waals surface area contributed by atoms with Crippen molar-refractivity contribution in [2.24, 2.45) is 0 Å². The molecule has 0 aliphatic carbocycles. The highest BCUT2D eigenvalue weighted by molar-refractivity contribution is 5.68. The first-order valence-corrected chi connectivity index (χ1v) is 7.46. The smallest absolute Gasteiger partial charge is 0.410 e. The molecular formula is C17H25NO3. The molecule has 116 valence electrons. The summed E-state index contributed by atoms with van der Waals surface area (Å²) in [5.74, 6) is 0.192. The van der Waals surface area contributed by atoms with E-state index >= 15 is 0 Å². The Morgan fingerprint density at radius 1 is 1.24 bits per heavy atom. The minimum absolute atomic E-state index is 0.145. The Labute approximate surface area is 127 Å². The number of rotatable bonds is 2. The van der Waals surface area contributed by atoms with Crippen LogP contribution in [0, 0.1) is 0 Å². The fraction of sp³-hybridized carbons (Fsp3) is 0.588. The molecule has 0 bridgehead atoms. The van der Waals surface area contributed by atoms with Gasteiger partial charge in [-0.3, -0.25) is 0 Å². The number of carbonyl (C=O) groups excluding carboxylic acids is 1. The van der Waals surface area contributed by atoms with Crippen LogP contribution in [0.15, 0.2) is 30.3 Å². The number of amides is 1. The van der Waals surface area contributed by atoms with E-state index in [4.69, 9.17) is 9.47 Å². The van der Waals surface area contributed by atoms with Crippen molar-refractivity contribution in [2.75, 3.05) is 20.2 Å². The van der Waals surface area contributed by atoms with Crippen LogP contribution in [-0.2, 0) is 9.47 Å². The van der Waals surface area contributed by atoms with Crippen LogP contribution in [0.1, 0.15) is 38.7 Å². The van der Waals surface area contributed by atoms with Crippen molar-refractivity contribution in [3.8, 4) is 0 Å². The van der Waals surface area contributed by atoms with E-state index in [2.05, 4.69) is 12.1 Å². The van der Waals surface area contributed by atoms with E-state index < -0.39 is 5.60 Å². The number of carbonyl (C=O) groups is 1. The molecule has 1 amide bonds. The zero-order chi connectivity index (χ0) is 15.5. The standard InChI is InChI=1S/C17H25NO3/c1-17(2,3)21-16(19)18-11-10-15(20-4)14(12-18)13-8-6-5-7-9-13/h5-9,14-15H,10-12H2,1-4H3/t14-,15+/m1/s1. The SMILES string of the molecule is CO[C@H]1CCN(C(=O)OC(C)(C)C)C[C@@H]1c1ccccc1. The highest BCUT2D eigenvalue weighted by Gasteiger charge is 2.34. The maximum absolute atomic E-state index is 12.2.